The second kappa shape index (κ2) is 10.2. The second-order valence-corrected chi connectivity index (χ2v) is 8.64. The molecule has 3 N–H and O–H groups in total. The van der Waals surface area contributed by atoms with Crippen molar-refractivity contribution in [2.75, 3.05) is 13.1 Å². The van der Waals surface area contributed by atoms with Crippen LogP contribution in [0, 0.1) is 11.3 Å². The summed E-state index contributed by atoms with van der Waals surface area (Å²) in [5.41, 5.74) is 7.98. The van der Waals surface area contributed by atoms with Crippen LogP contribution in [0.25, 0.3) is 0 Å². The van der Waals surface area contributed by atoms with Gasteiger partial charge in [-0.3, -0.25) is 24.7 Å². The van der Waals surface area contributed by atoms with Crippen molar-refractivity contribution in [1.82, 2.24) is 9.80 Å². The second-order valence-electron chi connectivity index (χ2n) is 8.64. The number of nitrogens with one attached hydrogen (secondary N) is 1. The average molecular weight is 435 g/mol. The number of carbonyl (C=O) groups is 3. The predicted molar refractivity (Wildman–Crippen MR) is 123 cm³/mol. The Labute approximate surface area is 188 Å². The van der Waals surface area contributed by atoms with E-state index in [0.29, 0.717) is 18.5 Å². The van der Waals surface area contributed by atoms with Gasteiger partial charge in [-0.05, 0) is 35.4 Å². The summed E-state index contributed by atoms with van der Waals surface area (Å²) >= 11 is 0. The fourth-order valence-corrected chi connectivity index (χ4v) is 4.03. The number of nitrogens with zero attached hydrogens (tertiary/aromatic N) is 2. The van der Waals surface area contributed by atoms with E-state index in [-0.39, 0.29) is 43.1 Å². The molecule has 2 aromatic carbocycles. The first-order chi connectivity index (χ1) is 15.3. The molecular formula is C25H30N4O3. The van der Waals surface area contributed by atoms with Gasteiger partial charge >= 0.3 is 11.8 Å². The molecule has 0 radical (unpaired) electrons. The number of hydrogen-bond donors (Lipinski definition) is 2. The molecule has 1 aliphatic heterocycles. The predicted octanol–water partition coefficient (Wildman–Crippen LogP) is 2.89. The van der Waals surface area contributed by atoms with E-state index in [9.17, 15) is 14.4 Å². The van der Waals surface area contributed by atoms with Crippen molar-refractivity contribution in [3.05, 3.63) is 71.3 Å². The number of benzene rings is 2. The molecule has 1 fully saturated rings. The van der Waals surface area contributed by atoms with E-state index in [2.05, 4.69) is 0 Å². The van der Waals surface area contributed by atoms with Gasteiger partial charge in [0.1, 0.15) is 5.84 Å². The zero-order valence-electron chi connectivity index (χ0n) is 18.6. The highest BCUT2D eigenvalue weighted by atomic mass is 16.2. The molecule has 168 valence electrons. The number of likely N-dealkylation sites (tertiary alicyclic amines) is 1. The molecule has 0 bridgehead atoms. The molecule has 7 heteroatoms. The number of amides is 3. The maximum Gasteiger partial charge on any atom is 0.318 e. The molecule has 1 aliphatic rings. The van der Waals surface area contributed by atoms with Crippen molar-refractivity contribution in [1.29, 1.82) is 5.41 Å². The van der Waals surface area contributed by atoms with Gasteiger partial charge in [-0.15, -0.1) is 0 Å². The van der Waals surface area contributed by atoms with E-state index in [1.165, 1.54) is 4.90 Å². The lowest BCUT2D eigenvalue weighted by molar-refractivity contribution is -0.158. The summed E-state index contributed by atoms with van der Waals surface area (Å²) in [6, 6.07) is 16.8. The molecule has 3 rings (SSSR count). The van der Waals surface area contributed by atoms with Crippen molar-refractivity contribution in [3.8, 4) is 0 Å². The third kappa shape index (κ3) is 5.60. The summed E-state index contributed by atoms with van der Waals surface area (Å²) in [6.07, 6.45) is 0.855. The first-order valence-corrected chi connectivity index (χ1v) is 10.9. The van der Waals surface area contributed by atoms with Crippen LogP contribution in [0.3, 0.4) is 0 Å². The van der Waals surface area contributed by atoms with E-state index in [1.54, 1.807) is 18.2 Å². The summed E-state index contributed by atoms with van der Waals surface area (Å²) < 4.78 is 0. The van der Waals surface area contributed by atoms with E-state index in [1.807, 2.05) is 50.2 Å². The van der Waals surface area contributed by atoms with Gasteiger partial charge in [-0.25, -0.2) is 0 Å². The molecular weight excluding hydrogens is 404 g/mol. The number of hydrogen-bond acceptors (Lipinski definition) is 4. The number of rotatable bonds is 6. The maximum atomic E-state index is 13.1. The van der Waals surface area contributed by atoms with Crippen LogP contribution in [0.5, 0.6) is 0 Å². The highest BCUT2D eigenvalue weighted by molar-refractivity contribution is 6.37. The van der Waals surface area contributed by atoms with E-state index in [0.717, 1.165) is 16.0 Å². The summed E-state index contributed by atoms with van der Waals surface area (Å²) in [7, 11) is 0. The Morgan fingerprint density at radius 2 is 1.88 bits per heavy atom. The monoisotopic (exact) mass is 434 g/mol. The quantitative estimate of drug-likeness (QED) is 0.414. The molecule has 0 aliphatic carbocycles. The SMILES string of the molecule is CC(C)CN(Cc1cccc(C(=N)N)c1)C(=O)C(=O)N1CCC(c2ccccc2)CC1=O. The highest BCUT2D eigenvalue weighted by Gasteiger charge is 2.35. The Balaban J connectivity index is 1.72. The average Bonchev–Trinajstić information content (AvgIpc) is 2.78. The van der Waals surface area contributed by atoms with E-state index in [4.69, 9.17) is 11.1 Å². The van der Waals surface area contributed by atoms with Crippen LogP contribution < -0.4 is 5.73 Å². The van der Waals surface area contributed by atoms with Gasteiger partial charge < -0.3 is 10.6 Å². The van der Waals surface area contributed by atoms with Crippen molar-refractivity contribution in [2.45, 2.75) is 39.2 Å². The zero-order chi connectivity index (χ0) is 23.3. The molecule has 1 atom stereocenters. The largest absolute Gasteiger partial charge is 0.384 e. The zero-order valence-corrected chi connectivity index (χ0v) is 18.6. The lowest BCUT2D eigenvalue weighted by Crippen LogP contribution is -2.50. The maximum absolute atomic E-state index is 13.1. The number of nitrogen functional groups attached to an aromatic ring is 1. The molecule has 2 aromatic rings. The Morgan fingerprint density at radius 3 is 2.50 bits per heavy atom. The summed E-state index contributed by atoms with van der Waals surface area (Å²) in [6.45, 7) is 4.75. The van der Waals surface area contributed by atoms with Gasteiger partial charge in [0.05, 0.1) is 0 Å². The van der Waals surface area contributed by atoms with Crippen LogP contribution in [0.2, 0.25) is 0 Å². The van der Waals surface area contributed by atoms with E-state index < -0.39 is 11.8 Å². The minimum atomic E-state index is -0.773. The van der Waals surface area contributed by atoms with Gasteiger partial charge in [0, 0.05) is 31.6 Å². The first-order valence-electron chi connectivity index (χ1n) is 10.9. The highest BCUT2D eigenvalue weighted by Crippen LogP contribution is 2.28. The normalized spacial score (nSPS) is 16.2. The molecule has 0 spiro atoms. The first kappa shape index (κ1) is 23.2. The van der Waals surface area contributed by atoms with Crippen molar-refractivity contribution in [2.24, 2.45) is 11.7 Å². The third-order valence-corrected chi connectivity index (χ3v) is 5.61. The minimum Gasteiger partial charge on any atom is -0.384 e. The minimum absolute atomic E-state index is 0.0588. The fraction of sp³-hybridized carbons (Fsp3) is 0.360. The number of piperidine rings is 1. The molecule has 1 unspecified atom stereocenters. The lowest BCUT2D eigenvalue weighted by Gasteiger charge is -2.32. The number of carbonyl (C=O) groups excluding carboxylic acids is 3. The van der Waals surface area contributed by atoms with E-state index >= 15 is 0 Å². The molecule has 1 heterocycles. The van der Waals surface area contributed by atoms with Crippen molar-refractivity contribution in [3.63, 3.8) is 0 Å². The summed E-state index contributed by atoms with van der Waals surface area (Å²) in [5.74, 6) is -1.63. The molecule has 3 amide bonds. The Kier molecular flexibility index (Phi) is 7.41. The van der Waals surface area contributed by atoms with Crippen molar-refractivity contribution >= 4 is 23.6 Å². The van der Waals surface area contributed by atoms with Crippen molar-refractivity contribution < 1.29 is 14.4 Å². The number of imide groups is 1. The summed E-state index contributed by atoms with van der Waals surface area (Å²) in [4.78, 5) is 41.4. The Morgan fingerprint density at radius 1 is 1.16 bits per heavy atom. The Bertz CT molecular complexity index is 1000. The molecule has 0 saturated carbocycles. The number of amidine groups is 1. The van der Waals surface area contributed by atoms with Crippen LogP contribution >= 0.6 is 0 Å². The Hall–Kier alpha value is -3.48. The molecule has 0 aromatic heterocycles. The van der Waals surface area contributed by atoms with Gasteiger partial charge in [0.25, 0.3) is 0 Å². The van der Waals surface area contributed by atoms with Gasteiger partial charge in [0.2, 0.25) is 5.91 Å². The van der Waals surface area contributed by atoms with Gasteiger partial charge in [-0.1, -0.05) is 62.4 Å². The fourth-order valence-electron chi connectivity index (χ4n) is 4.03. The van der Waals surface area contributed by atoms with Gasteiger partial charge in [0.15, 0.2) is 0 Å². The third-order valence-electron chi connectivity index (χ3n) is 5.61. The van der Waals surface area contributed by atoms with Gasteiger partial charge in [-0.2, -0.15) is 0 Å². The van der Waals surface area contributed by atoms with Crippen LogP contribution in [-0.4, -0.2) is 46.4 Å². The van der Waals surface area contributed by atoms with Crippen LogP contribution in [0.15, 0.2) is 54.6 Å². The number of nitrogens with two attached hydrogens (primary N) is 1. The summed E-state index contributed by atoms with van der Waals surface area (Å²) in [5, 5.41) is 7.61. The van der Waals surface area contributed by atoms with Crippen LogP contribution in [0.1, 0.15) is 49.3 Å². The molecule has 32 heavy (non-hydrogen) atoms. The smallest absolute Gasteiger partial charge is 0.318 e. The standard InChI is InChI=1S/C25H30N4O3/c1-17(2)15-28(16-18-7-6-10-21(13-18)23(26)27)24(31)25(32)29-12-11-20(14-22(29)30)19-8-4-3-5-9-19/h3-10,13,17,20H,11-12,14-16H2,1-2H3,(H3,26,27). The van der Waals surface area contributed by atoms with Crippen LogP contribution in [0.4, 0.5) is 0 Å². The lowest BCUT2D eigenvalue weighted by atomic mass is 9.89. The van der Waals surface area contributed by atoms with Crippen LogP contribution in [-0.2, 0) is 20.9 Å². The molecule has 1 saturated heterocycles. The topological polar surface area (TPSA) is 108 Å². The molecule has 7 nitrogen and oxygen atoms in total.